The van der Waals surface area contributed by atoms with Gasteiger partial charge in [-0.05, 0) is 26.2 Å². The van der Waals surface area contributed by atoms with Crippen LogP contribution < -0.4 is 20.4 Å². The van der Waals surface area contributed by atoms with E-state index in [4.69, 9.17) is 44.7 Å². The lowest BCUT2D eigenvalue weighted by Crippen LogP contribution is -2.37. The van der Waals surface area contributed by atoms with E-state index in [2.05, 4.69) is 4.89 Å². The fraction of sp³-hybridized carbons (Fsp3) is 0.750. The molecule has 0 spiro atoms. The maximum atomic E-state index is 8.33. The molecule has 0 aliphatic carbocycles. The molecule has 0 aromatic rings. The monoisotopic (exact) mass is 270 g/mol. The fourth-order valence-corrected chi connectivity index (χ4v) is 0.619. The lowest BCUT2D eigenvalue weighted by molar-refractivity contribution is -0.482. The molecule has 0 saturated carbocycles. The molecule has 10 heteroatoms. The van der Waals surface area contributed by atoms with E-state index < -0.39 is 18.3 Å². The minimum atomic E-state index is -2.33. The molecule has 1 N–H and O–H groups in total. The summed E-state index contributed by atoms with van der Waals surface area (Å²) in [5, 5.41) is 41.6. The predicted molar refractivity (Wildman–Crippen MR) is 46.2 cm³/mol. The number of carbonyl (C=O) groups excluding carboxylic acids is 2. The minimum absolute atomic E-state index is 0.428. The molecule has 110 valence electrons. The molecule has 0 rings (SSSR count). The normalized spacial score (nSPS) is 9.33. The van der Waals surface area contributed by atoms with Gasteiger partial charge < -0.3 is 39.5 Å². The van der Waals surface area contributed by atoms with E-state index in [1.807, 2.05) is 0 Å². The molecule has 0 unspecified atom stereocenters. The van der Waals surface area contributed by atoms with Gasteiger partial charge in [0.15, 0.2) is 0 Å². The summed E-state index contributed by atoms with van der Waals surface area (Å²) in [6.45, 7) is 5.93. The number of hydrogen-bond acceptors (Lipinski definition) is 10. The molecule has 0 aromatic heterocycles. The van der Waals surface area contributed by atoms with Crippen molar-refractivity contribution in [2.75, 3.05) is 13.2 Å². The van der Waals surface area contributed by atoms with Crippen LogP contribution in [0.2, 0.25) is 0 Å². The van der Waals surface area contributed by atoms with Gasteiger partial charge in [0.05, 0.1) is 0 Å². The van der Waals surface area contributed by atoms with E-state index in [0.717, 1.165) is 0 Å². The second kappa shape index (κ2) is 13.4. The van der Waals surface area contributed by atoms with Gasteiger partial charge in [-0.3, -0.25) is 0 Å². The summed E-state index contributed by atoms with van der Waals surface area (Å²) in [5.41, 5.74) is 0. The minimum Gasteiger partial charge on any atom is -0.652 e. The van der Waals surface area contributed by atoms with Gasteiger partial charge in [-0.2, -0.15) is 4.89 Å². The predicted octanol–water partition coefficient (Wildman–Crippen LogP) is -3.67. The van der Waals surface area contributed by atoms with E-state index in [1.165, 1.54) is 6.92 Å². The topological polar surface area (TPSA) is 174 Å². The van der Waals surface area contributed by atoms with Crippen LogP contribution in [0.5, 0.6) is 0 Å². The zero-order valence-electron chi connectivity index (χ0n) is 10.0. The van der Waals surface area contributed by atoms with Crippen LogP contribution in [0.4, 0.5) is 9.59 Å². The zero-order valence-corrected chi connectivity index (χ0v) is 10.0. The molecule has 0 aliphatic heterocycles. The second-order valence-corrected chi connectivity index (χ2v) is 2.32. The van der Waals surface area contributed by atoms with E-state index in [0.29, 0.717) is 13.2 Å². The second-order valence-electron chi connectivity index (χ2n) is 2.32. The van der Waals surface area contributed by atoms with E-state index in [9.17, 15) is 0 Å². The Balaban J connectivity index is -0.000000233. The maximum Gasteiger partial charge on any atom is 0.308 e. The van der Waals surface area contributed by atoms with Crippen molar-refractivity contribution in [1.29, 1.82) is 0 Å². The van der Waals surface area contributed by atoms with Crippen LogP contribution in [-0.2, 0) is 14.4 Å². The Hall–Kier alpha value is -1.62. The fourth-order valence-electron chi connectivity index (χ4n) is 0.619. The Bertz CT molecular complexity index is 190. The zero-order chi connectivity index (χ0) is 15.2. The van der Waals surface area contributed by atoms with Crippen molar-refractivity contribution in [1.82, 2.24) is 0 Å². The van der Waals surface area contributed by atoms with Gasteiger partial charge >= 0.3 is 5.97 Å². The smallest absolute Gasteiger partial charge is 0.308 e. The number of hydrogen-bond donors (Lipinski definition) is 1. The quantitative estimate of drug-likeness (QED) is 0.297. The van der Waals surface area contributed by atoms with Crippen LogP contribution in [0.25, 0.3) is 0 Å². The molecule has 0 fully saturated rings. The highest BCUT2D eigenvalue weighted by atomic mass is 17.2. The van der Waals surface area contributed by atoms with Gasteiger partial charge in [-0.25, -0.2) is 5.26 Å². The van der Waals surface area contributed by atoms with Gasteiger partial charge in [0.1, 0.15) is 0 Å². The highest BCUT2D eigenvalue weighted by Gasteiger charge is 2.25. The average molecular weight is 270 g/mol. The molecule has 0 heterocycles. The van der Waals surface area contributed by atoms with Crippen LogP contribution in [-0.4, -0.2) is 36.8 Å². The third kappa shape index (κ3) is 29.3. The molecule has 0 saturated heterocycles. The molecular weight excluding hydrogens is 256 g/mol. The highest BCUT2D eigenvalue weighted by Crippen LogP contribution is 2.11. The first-order valence-electron chi connectivity index (χ1n) is 4.51. The summed E-state index contributed by atoms with van der Waals surface area (Å²) < 4.78 is 9.85. The van der Waals surface area contributed by atoms with Gasteiger partial charge in [0, 0.05) is 20.1 Å². The van der Waals surface area contributed by atoms with Crippen molar-refractivity contribution in [3.8, 4) is 0 Å². The summed E-state index contributed by atoms with van der Waals surface area (Å²) in [4.78, 5) is 20.6. The van der Waals surface area contributed by atoms with Crippen LogP contribution in [0.3, 0.4) is 0 Å². The van der Waals surface area contributed by atoms with Gasteiger partial charge in [-0.1, -0.05) is 0 Å². The largest absolute Gasteiger partial charge is 0.652 e. The molecule has 10 nitrogen and oxygen atoms in total. The van der Waals surface area contributed by atoms with Crippen LogP contribution >= 0.6 is 0 Å². The van der Waals surface area contributed by atoms with Crippen LogP contribution in [0.15, 0.2) is 0 Å². The van der Waals surface area contributed by atoms with Crippen molar-refractivity contribution in [3.05, 3.63) is 0 Å². The van der Waals surface area contributed by atoms with Crippen LogP contribution in [0, 0.1) is 0 Å². The molecular formula is C8H14O10-4. The van der Waals surface area contributed by atoms with Crippen molar-refractivity contribution in [2.24, 2.45) is 0 Å². The van der Waals surface area contributed by atoms with Crippen molar-refractivity contribution < 1.29 is 49.6 Å². The molecule has 0 amide bonds. The number of carboxylic acid groups (broad SMARTS) is 4. The van der Waals surface area contributed by atoms with Crippen molar-refractivity contribution in [3.63, 3.8) is 0 Å². The molecule has 18 heavy (non-hydrogen) atoms. The van der Waals surface area contributed by atoms with Gasteiger partial charge in [0.25, 0.3) is 0 Å². The number of ether oxygens (including phenoxy) is 2. The average Bonchev–Trinajstić information content (AvgIpc) is 2.16. The van der Waals surface area contributed by atoms with Crippen molar-refractivity contribution in [2.45, 2.75) is 26.7 Å². The third-order valence-corrected chi connectivity index (χ3v) is 0.979. The Kier molecular flexibility index (Phi) is 16.2. The first-order valence-corrected chi connectivity index (χ1v) is 4.51. The molecule has 0 radical (unpaired) electrons. The van der Waals surface area contributed by atoms with Crippen molar-refractivity contribution >= 4 is 12.3 Å². The van der Waals surface area contributed by atoms with E-state index in [-0.39, 0.29) is 0 Å². The summed E-state index contributed by atoms with van der Waals surface area (Å²) in [6, 6.07) is 0. The lowest BCUT2D eigenvalue weighted by atomic mass is 10.6. The summed E-state index contributed by atoms with van der Waals surface area (Å²) in [7, 11) is 0. The SMILES string of the molecule is CCOC(C)(OO)OCC.O=C([O-])[O-].O=C([O-])[O-]. The summed E-state index contributed by atoms with van der Waals surface area (Å²) in [5.74, 6) is -1.30. The standard InChI is InChI=1S/C6H14O4.2CH2O3/c1-4-8-6(3,10-7)9-5-2;2*2-1(3)4/h7H,4-5H2,1-3H3;2*(H2,2,3,4)/p-4. The Morgan fingerprint density at radius 1 is 1.00 bits per heavy atom. The van der Waals surface area contributed by atoms with E-state index >= 15 is 0 Å². The maximum absolute atomic E-state index is 8.33. The summed E-state index contributed by atoms with van der Waals surface area (Å²) >= 11 is 0. The Morgan fingerprint density at radius 2 is 1.22 bits per heavy atom. The lowest BCUT2D eigenvalue weighted by Gasteiger charge is -2.24. The highest BCUT2D eigenvalue weighted by molar-refractivity contribution is 5.47. The van der Waals surface area contributed by atoms with E-state index in [1.54, 1.807) is 13.8 Å². The molecule has 0 aliphatic rings. The van der Waals surface area contributed by atoms with Crippen LogP contribution in [0.1, 0.15) is 20.8 Å². The number of carbonyl (C=O) groups is 2. The first kappa shape index (κ1) is 21.6. The Morgan fingerprint density at radius 3 is 1.33 bits per heavy atom. The third-order valence-electron chi connectivity index (χ3n) is 0.979. The Labute approximate surface area is 103 Å². The summed E-state index contributed by atoms with van der Waals surface area (Å²) in [6.07, 6.45) is -4.67. The molecule has 0 atom stereocenters. The molecule has 0 aromatic carbocycles. The molecule has 0 bridgehead atoms. The number of rotatable bonds is 5. The van der Waals surface area contributed by atoms with Gasteiger partial charge in [0.2, 0.25) is 0 Å². The first-order chi connectivity index (χ1) is 8.15. The van der Waals surface area contributed by atoms with Gasteiger partial charge in [-0.15, -0.1) is 0 Å².